The molecule has 84 valence electrons. The van der Waals surface area contributed by atoms with Crippen LogP contribution in [0.5, 0.6) is 0 Å². The van der Waals surface area contributed by atoms with Crippen molar-refractivity contribution in [2.24, 2.45) is 17.1 Å². The van der Waals surface area contributed by atoms with E-state index in [9.17, 15) is 0 Å². The standard InChI is InChI=1S/C12H25NO/c1-5-12(4,10-13)7-9-14-8-6-11(2)3/h5,11H,1,6-10,13H2,2-4H3. The number of nitrogens with two attached hydrogens (primary N) is 1. The highest BCUT2D eigenvalue weighted by Crippen LogP contribution is 2.20. The first-order valence-corrected chi connectivity index (χ1v) is 5.45. The van der Waals surface area contributed by atoms with Crippen LogP contribution >= 0.6 is 0 Å². The average Bonchev–Trinajstić information content (AvgIpc) is 2.16. The summed E-state index contributed by atoms with van der Waals surface area (Å²) in [5.41, 5.74) is 5.69. The molecule has 0 saturated heterocycles. The first-order chi connectivity index (χ1) is 6.54. The lowest BCUT2D eigenvalue weighted by molar-refractivity contribution is 0.103. The minimum absolute atomic E-state index is 0.0395. The van der Waals surface area contributed by atoms with Crippen molar-refractivity contribution in [2.45, 2.75) is 33.6 Å². The fourth-order valence-corrected chi connectivity index (χ4v) is 1.01. The Labute approximate surface area is 88.5 Å². The Morgan fingerprint density at radius 2 is 2.07 bits per heavy atom. The minimum atomic E-state index is 0.0395. The van der Waals surface area contributed by atoms with E-state index in [1.807, 2.05) is 6.08 Å². The van der Waals surface area contributed by atoms with Gasteiger partial charge in [0.1, 0.15) is 0 Å². The van der Waals surface area contributed by atoms with Gasteiger partial charge in [-0.3, -0.25) is 0 Å². The molecule has 2 heteroatoms. The molecule has 0 aliphatic heterocycles. The average molecular weight is 199 g/mol. The Bertz CT molecular complexity index is 156. The van der Waals surface area contributed by atoms with Crippen LogP contribution in [0, 0.1) is 11.3 Å². The fourth-order valence-electron chi connectivity index (χ4n) is 1.01. The molecule has 0 aliphatic rings. The predicted octanol–water partition coefficient (Wildman–Crippen LogP) is 2.59. The van der Waals surface area contributed by atoms with Gasteiger partial charge < -0.3 is 10.5 Å². The molecule has 2 nitrogen and oxygen atoms in total. The Morgan fingerprint density at radius 1 is 1.43 bits per heavy atom. The molecule has 0 fully saturated rings. The molecule has 0 aromatic carbocycles. The van der Waals surface area contributed by atoms with Gasteiger partial charge in [0.25, 0.3) is 0 Å². The van der Waals surface area contributed by atoms with Gasteiger partial charge in [0.05, 0.1) is 0 Å². The lowest BCUT2D eigenvalue weighted by atomic mass is 9.88. The normalized spacial score (nSPS) is 15.5. The number of hydrogen-bond acceptors (Lipinski definition) is 2. The fraction of sp³-hybridized carbons (Fsp3) is 0.833. The van der Waals surface area contributed by atoms with Gasteiger partial charge in [-0.05, 0) is 24.2 Å². The van der Waals surface area contributed by atoms with Crippen molar-refractivity contribution < 1.29 is 4.74 Å². The molecule has 0 bridgehead atoms. The van der Waals surface area contributed by atoms with Crippen LogP contribution in [0.1, 0.15) is 33.6 Å². The van der Waals surface area contributed by atoms with Gasteiger partial charge in [-0.15, -0.1) is 6.58 Å². The van der Waals surface area contributed by atoms with Crippen LogP contribution in [0.15, 0.2) is 12.7 Å². The van der Waals surface area contributed by atoms with Gasteiger partial charge in [0, 0.05) is 19.8 Å². The maximum atomic E-state index is 5.65. The summed E-state index contributed by atoms with van der Waals surface area (Å²) in [5.74, 6) is 0.718. The van der Waals surface area contributed by atoms with Crippen molar-refractivity contribution in [1.29, 1.82) is 0 Å². The maximum Gasteiger partial charge on any atom is 0.0474 e. The zero-order chi connectivity index (χ0) is 11.0. The second-order valence-corrected chi connectivity index (χ2v) is 4.61. The monoisotopic (exact) mass is 199 g/mol. The second-order valence-electron chi connectivity index (χ2n) is 4.61. The predicted molar refractivity (Wildman–Crippen MR) is 62.2 cm³/mol. The third-order valence-corrected chi connectivity index (χ3v) is 2.62. The molecule has 1 unspecified atom stereocenters. The smallest absolute Gasteiger partial charge is 0.0474 e. The first kappa shape index (κ1) is 13.7. The summed E-state index contributed by atoms with van der Waals surface area (Å²) >= 11 is 0. The molecule has 0 aromatic heterocycles. The second kappa shape index (κ2) is 7.02. The largest absolute Gasteiger partial charge is 0.381 e. The van der Waals surface area contributed by atoms with E-state index >= 15 is 0 Å². The van der Waals surface area contributed by atoms with Crippen molar-refractivity contribution in [3.05, 3.63) is 12.7 Å². The molecule has 1 atom stereocenters. The van der Waals surface area contributed by atoms with Crippen molar-refractivity contribution >= 4 is 0 Å². The topological polar surface area (TPSA) is 35.2 Å². The Balaban J connectivity index is 3.48. The van der Waals surface area contributed by atoms with Gasteiger partial charge in [-0.2, -0.15) is 0 Å². The van der Waals surface area contributed by atoms with Gasteiger partial charge in [-0.1, -0.05) is 26.8 Å². The van der Waals surface area contributed by atoms with Gasteiger partial charge in [0.15, 0.2) is 0 Å². The summed E-state index contributed by atoms with van der Waals surface area (Å²) in [7, 11) is 0. The molecule has 0 heterocycles. The first-order valence-electron chi connectivity index (χ1n) is 5.45. The van der Waals surface area contributed by atoms with E-state index in [1.165, 1.54) is 0 Å². The Kier molecular flexibility index (Phi) is 6.85. The van der Waals surface area contributed by atoms with Crippen LogP contribution in [-0.4, -0.2) is 19.8 Å². The number of ether oxygens (including phenoxy) is 1. The zero-order valence-corrected chi connectivity index (χ0v) is 9.88. The molecular formula is C12H25NO. The highest BCUT2D eigenvalue weighted by molar-refractivity contribution is 4.91. The van der Waals surface area contributed by atoms with Gasteiger partial charge >= 0.3 is 0 Å². The summed E-state index contributed by atoms with van der Waals surface area (Å²) < 4.78 is 5.54. The summed E-state index contributed by atoms with van der Waals surface area (Å²) in [6.07, 6.45) is 4.03. The van der Waals surface area contributed by atoms with Crippen LogP contribution in [0.2, 0.25) is 0 Å². The quantitative estimate of drug-likeness (QED) is 0.482. The lowest BCUT2D eigenvalue weighted by Crippen LogP contribution is -2.26. The summed E-state index contributed by atoms with van der Waals surface area (Å²) in [5, 5.41) is 0. The molecule has 14 heavy (non-hydrogen) atoms. The molecule has 0 saturated carbocycles. The molecule has 0 radical (unpaired) electrons. The van der Waals surface area contributed by atoms with E-state index in [2.05, 4.69) is 27.4 Å². The van der Waals surface area contributed by atoms with Crippen molar-refractivity contribution in [3.8, 4) is 0 Å². The van der Waals surface area contributed by atoms with Crippen LogP contribution in [0.4, 0.5) is 0 Å². The summed E-state index contributed by atoms with van der Waals surface area (Å²) in [4.78, 5) is 0. The molecule has 2 N–H and O–H groups in total. The molecule has 0 rings (SSSR count). The Morgan fingerprint density at radius 3 is 2.50 bits per heavy atom. The molecule has 0 aliphatic carbocycles. The molecule has 0 aromatic rings. The highest BCUT2D eigenvalue weighted by atomic mass is 16.5. The van der Waals surface area contributed by atoms with Crippen molar-refractivity contribution in [2.75, 3.05) is 19.8 Å². The highest BCUT2D eigenvalue weighted by Gasteiger charge is 2.17. The van der Waals surface area contributed by atoms with E-state index in [0.717, 1.165) is 32.0 Å². The molecule has 0 amide bonds. The van der Waals surface area contributed by atoms with E-state index in [0.29, 0.717) is 6.54 Å². The lowest BCUT2D eigenvalue weighted by Gasteiger charge is -2.23. The third kappa shape index (κ3) is 6.17. The summed E-state index contributed by atoms with van der Waals surface area (Å²) in [6.45, 7) is 12.6. The van der Waals surface area contributed by atoms with Crippen LogP contribution in [0.25, 0.3) is 0 Å². The van der Waals surface area contributed by atoms with E-state index in [4.69, 9.17) is 10.5 Å². The summed E-state index contributed by atoms with van der Waals surface area (Å²) in [6, 6.07) is 0. The van der Waals surface area contributed by atoms with E-state index in [1.54, 1.807) is 0 Å². The van der Waals surface area contributed by atoms with Crippen molar-refractivity contribution in [1.82, 2.24) is 0 Å². The molecule has 0 spiro atoms. The van der Waals surface area contributed by atoms with Gasteiger partial charge in [-0.25, -0.2) is 0 Å². The zero-order valence-electron chi connectivity index (χ0n) is 9.88. The molecular weight excluding hydrogens is 174 g/mol. The number of hydrogen-bond donors (Lipinski definition) is 1. The minimum Gasteiger partial charge on any atom is -0.381 e. The SMILES string of the molecule is C=CC(C)(CN)CCOCCC(C)C. The maximum absolute atomic E-state index is 5.65. The van der Waals surface area contributed by atoms with E-state index in [-0.39, 0.29) is 5.41 Å². The van der Waals surface area contributed by atoms with Crippen LogP contribution < -0.4 is 5.73 Å². The van der Waals surface area contributed by atoms with Crippen LogP contribution in [0.3, 0.4) is 0 Å². The van der Waals surface area contributed by atoms with Crippen molar-refractivity contribution in [3.63, 3.8) is 0 Å². The van der Waals surface area contributed by atoms with Gasteiger partial charge in [0.2, 0.25) is 0 Å². The Hall–Kier alpha value is -0.340. The third-order valence-electron chi connectivity index (χ3n) is 2.62. The number of rotatable bonds is 8. The van der Waals surface area contributed by atoms with Crippen LogP contribution in [-0.2, 0) is 4.74 Å². The van der Waals surface area contributed by atoms with E-state index < -0.39 is 0 Å².